The molecule has 1 unspecified atom stereocenters. The van der Waals surface area contributed by atoms with E-state index in [1.807, 2.05) is 0 Å². The lowest BCUT2D eigenvalue weighted by Crippen LogP contribution is -2.46. The second kappa shape index (κ2) is 7.34. The molecule has 7 nitrogen and oxygen atoms in total. The predicted molar refractivity (Wildman–Crippen MR) is 95.9 cm³/mol. The number of ether oxygens (including phenoxy) is 2. The topological polar surface area (TPSA) is 81.6 Å². The minimum atomic E-state index is -3.40. The van der Waals surface area contributed by atoms with Gasteiger partial charge in [-0.15, -0.1) is 0 Å². The van der Waals surface area contributed by atoms with Crippen molar-refractivity contribution in [2.75, 3.05) is 44.1 Å². The molecule has 0 N–H and O–H groups in total. The van der Waals surface area contributed by atoms with Crippen LogP contribution in [-0.2, 0) is 24.1 Å². The summed E-state index contributed by atoms with van der Waals surface area (Å²) in [4.78, 5) is 10.8. The van der Waals surface area contributed by atoms with E-state index in [1.54, 1.807) is 6.07 Å². The van der Waals surface area contributed by atoms with Crippen molar-refractivity contribution >= 4 is 27.3 Å². The summed E-state index contributed by atoms with van der Waals surface area (Å²) in [6, 6.07) is 1.98. The van der Waals surface area contributed by atoms with E-state index < -0.39 is 14.6 Å². The van der Waals surface area contributed by atoms with Gasteiger partial charge in [-0.1, -0.05) is 6.92 Å². The number of hydrogen-bond acceptors (Lipinski definition) is 7. The highest BCUT2D eigenvalue weighted by Gasteiger charge is 2.46. The third kappa shape index (κ3) is 3.63. The number of rotatable bonds is 4. The van der Waals surface area contributed by atoms with Gasteiger partial charge in [0.15, 0.2) is 9.84 Å². The zero-order valence-corrected chi connectivity index (χ0v) is 16.1. The van der Waals surface area contributed by atoms with E-state index in [0.717, 1.165) is 6.42 Å². The van der Waals surface area contributed by atoms with E-state index in [1.165, 1.54) is 6.26 Å². The van der Waals surface area contributed by atoms with Crippen molar-refractivity contribution in [2.45, 2.75) is 37.0 Å². The number of sulfone groups is 1. The molecule has 1 aromatic rings. The summed E-state index contributed by atoms with van der Waals surface area (Å²) >= 11 is 6.19. The molecule has 1 atom stereocenters. The molecule has 3 rings (SSSR count). The number of anilines is 1. The smallest absolute Gasteiger partial charge is 0.224 e. The van der Waals surface area contributed by atoms with Crippen LogP contribution in [0.5, 0.6) is 0 Å². The average Bonchev–Trinajstić information content (AvgIpc) is 2.61. The Hall–Kier alpha value is -0.960. The molecule has 25 heavy (non-hydrogen) atoms. The predicted octanol–water partition coefficient (Wildman–Crippen LogP) is 1.80. The van der Waals surface area contributed by atoms with Crippen LogP contribution in [0.15, 0.2) is 6.07 Å². The molecule has 0 spiro atoms. The van der Waals surface area contributed by atoms with Gasteiger partial charge < -0.3 is 14.4 Å². The van der Waals surface area contributed by atoms with Crippen LogP contribution in [0, 0.1) is 0 Å². The van der Waals surface area contributed by atoms with Gasteiger partial charge in [-0.25, -0.2) is 18.4 Å². The molecule has 0 bridgehead atoms. The first-order valence-corrected chi connectivity index (χ1v) is 10.8. The Morgan fingerprint density at radius 2 is 2.00 bits per heavy atom. The summed E-state index contributed by atoms with van der Waals surface area (Å²) in [6.07, 6.45) is 2.91. The maximum atomic E-state index is 12.6. The fourth-order valence-corrected chi connectivity index (χ4v) is 5.17. The molecule has 140 valence electrons. The molecule has 2 saturated heterocycles. The van der Waals surface area contributed by atoms with Crippen molar-refractivity contribution in [3.8, 4) is 0 Å². The SMILES string of the molecule is CCC1COCCN1c1cc(C2(S(C)(=O)=O)CCOCC2)nc(Cl)n1. The van der Waals surface area contributed by atoms with Crippen LogP contribution in [0.25, 0.3) is 0 Å². The fourth-order valence-electron chi connectivity index (χ4n) is 3.60. The summed E-state index contributed by atoms with van der Waals surface area (Å²) < 4.78 is 35.1. The van der Waals surface area contributed by atoms with Crippen LogP contribution >= 0.6 is 11.6 Å². The lowest BCUT2D eigenvalue weighted by atomic mass is 9.94. The normalized spacial score (nSPS) is 24.3. The van der Waals surface area contributed by atoms with Crippen LogP contribution in [0.1, 0.15) is 31.9 Å². The van der Waals surface area contributed by atoms with Gasteiger partial charge in [-0.3, -0.25) is 0 Å². The summed E-state index contributed by atoms with van der Waals surface area (Å²) in [5.41, 5.74) is 0.467. The molecular formula is C16H24ClN3O4S. The lowest BCUT2D eigenvalue weighted by molar-refractivity contribution is 0.0731. The van der Waals surface area contributed by atoms with Gasteiger partial charge in [-0.2, -0.15) is 0 Å². The number of halogens is 1. The summed E-state index contributed by atoms with van der Waals surface area (Å²) in [7, 11) is -3.40. The maximum absolute atomic E-state index is 12.6. The summed E-state index contributed by atoms with van der Waals surface area (Å²) in [5.74, 6) is 0.666. The van der Waals surface area contributed by atoms with Crippen molar-refractivity contribution in [2.24, 2.45) is 0 Å². The standard InChI is InChI=1S/C16H24ClN3O4S/c1-3-12-11-24-9-6-20(12)14-10-13(18-15(17)19-14)16(25(2,21)22)4-7-23-8-5-16/h10,12H,3-9,11H2,1-2H3. The molecule has 0 aromatic carbocycles. The second-order valence-electron chi connectivity index (χ2n) is 6.59. The average molecular weight is 390 g/mol. The molecule has 1 aromatic heterocycles. The molecule has 0 radical (unpaired) electrons. The Bertz CT molecular complexity index is 722. The van der Waals surface area contributed by atoms with E-state index in [9.17, 15) is 8.42 Å². The zero-order chi connectivity index (χ0) is 18.1. The van der Waals surface area contributed by atoms with Gasteiger partial charge in [0.25, 0.3) is 0 Å². The molecule has 2 fully saturated rings. The highest BCUT2D eigenvalue weighted by atomic mass is 35.5. The van der Waals surface area contributed by atoms with Crippen LogP contribution in [0.2, 0.25) is 5.28 Å². The zero-order valence-electron chi connectivity index (χ0n) is 14.6. The highest BCUT2D eigenvalue weighted by Crippen LogP contribution is 2.40. The minimum Gasteiger partial charge on any atom is -0.381 e. The van der Waals surface area contributed by atoms with Crippen molar-refractivity contribution in [3.05, 3.63) is 17.0 Å². The Balaban J connectivity index is 2.06. The van der Waals surface area contributed by atoms with Gasteiger partial charge in [-0.05, 0) is 30.9 Å². The van der Waals surface area contributed by atoms with Crippen molar-refractivity contribution in [3.63, 3.8) is 0 Å². The summed E-state index contributed by atoms with van der Waals surface area (Å²) in [5, 5.41) is 0.0726. The van der Waals surface area contributed by atoms with Crippen LogP contribution in [0.4, 0.5) is 5.82 Å². The highest BCUT2D eigenvalue weighted by molar-refractivity contribution is 7.91. The Labute approximate surface area is 153 Å². The van der Waals surface area contributed by atoms with Gasteiger partial charge in [0.05, 0.1) is 24.9 Å². The maximum Gasteiger partial charge on any atom is 0.224 e. The van der Waals surface area contributed by atoms with E-state index in [4.69, 9.17) is 21.1 Å². The van der Waals surface area contributed by atoms with Crippen LogP contribution in [0.3, 0.4) is 0 Å². The van der Waals surface area contributed by atoms with Gasteiger partial charge in [0, 0.05) is 32.1 Å². The molecule has 2 aliphatic heterocycles. The van der Waals surface area contributed by atoms with Crippen LogP contribution in [-0.4, -0.2) is 63.7 Å². The monoisotopic (exact) mass is 389 g/mol. The molecule has 0 amide bonds. The van der Waals surface area contributed by atoms with E-state index in [-0.39, 0.29) is 11.3 Å². The van der Waals surface area contributed by atoms with Crippen molar-refractivity contribution < 1.29 is 17.9 Å². The van der Waals surface area contributed by atoms with Gasteiger partial charge >= 0.3 is 0 Å². The number of nitrogens with zero attached hydrogens (tertiary/aromatic N) is 3. The minimum absolute atomic E-state index is 0.0726. The molecule has 0 aliphatic carbocycles. The lowest BCUT2D eigenvalue weighted by Gasteiger charge is -2.38. The van der Waals surface area contributed by atoms with Gasteiger partial charge in [0.2, 0.25) is 5.28 Å². The number of hydrogen-bond donors (Lipinski definition) is 0. The van der Waals surface area contributed by atoms with E-state index >= 15 is 0 Å². The first-order valence-electron chi connectivity index (χ1n) is 8.54. The molecule has 3 heterocycles. The third-order valence-electron chi connectivity index (χ3n) is 5.16. The Morgan fingerprint density at radius 3 is 2.64 bits per heavy atom. The Morgan fingerprint density at radius 1 is 1.28 bits per heavy atom. The fraction of sp³-hybridized carbons (Fsp3) is 0.750. The van der Waals surface area contributed by atoms with Crippen LogP contribution < -0.4 is 4.90 Å². The summed E-state index contributed by atoms with van der Waals surface area (Å²) in [6.45, 7) is 4.79. The van der Waals surface area contributed by atoms with Crippen molar-refractivity contribution in [1.82, 2.24) is 9.97 Å². The molecular weight excluding hydrogens is 366 g/mol. The van der Waals surface area contributed by atoms with Crippen molar-refractivity contribution in [1.29, 1.82) is 0 Å². The molecule has 2 aliphatic rings. The van der Waals surface area contributed by atoms with Gasteiger partial charge in [0.1, 0.15) is 10.6 Å². The third-order valence-corrected chi connectivity index (χ3v) is 7.36. The Kier molecular flexibility index (Phi) is 5.53. The largest absolute Gasteiger partial charge is 0.381 e. The van der Waals surface area contributed by atoms with E-state index in [2.05, 4.69) is 21.8 Å². The first kappa shape index (κ1) is 18.8. The quantitative estimate of drug-likeness (QED) is 0.726. The van der Waals surface area contributed by atoms with E-state index in [0.29, 0.717) is 57.3 Å². The molecule has 9 heteroatoms. The number of aromatic nitrogens is 2. The second-order valence-corrected chi connectivity index (χ2v) is 9.25. The molecule has 0 saturated carbocycles. The number of morpholine rings is 1. The first-order chi connectivity index (χ1) is 11.9.